The van der Waals surface area contributed by atoms with Crippen LogP contribution >= 0.6 is 0 Å². The molecule has 22 heavy (non-hydrogen) atoms. The van der Waals surface area contributed by atoms with Crippen LogP contribution in [0.3, 0.4) is 0 Å². The van der Waals surface area contributed by atoms with Crippen molar-refractivity contribution in [2.24, 2.45) is 0 Å². The molecule has 116 valence electrons. The zero-order chi connectivity index (χ0) is 16.1. The highest BCUT2D eigenvalue weighted by Crippen LogP contribution is 2.15. The number of aryl methyl sites for hydroxylation is 1. The number of aromatic nitrogens is 2. The summed E-state index contributed by atoms with van der Waals surface area (Å²) in [7, 11) is 3.51. The molecule has 0 unspecified atom stereocenters. The van der Waals surface area contributed by atoms with Gasteiger partial charge in [-0.15, -0.1) is 0 Å². The van der Waals surface area contributed by atoms with Gasteiger partial charge in [0.25, 0.3) is 5.91 Å². The highest BCUT2D eigenvalue weighted by molar-refractivity contribution is 5.93. The molecule has 0 saturated carbocycles. The van der Waals surface area contributed by atoms with Gasteiger partial charge in [-0.25, -0.2) is 9.97 Å². The maximum absolute atomic E-state index is 11.9. The largest absolute Gasteiger partial charge is 0.352 e. The minimum Gasteiger partial charge on any atom is -0.352 e. The van der Waals surface area contributed by atoms with Gasteiger partial charge in [0.05, 0.1) is 0 Å². The molecule has 1 aromatic carbocycles. The summed E-state index contributed by atoms with van der Waals surface area (Å²) in [6.45, 7) is 5.67. The van der Waals surface area contributed by atoms with Crippen LogP contribution in [0.25, 0.3) is 0 Å². The maximum Gasteiger partial charge on any atom is 0.253 e. The minimum atomic E-state index is 0.0188. The van der Waals surface area contributed by atoms with Crippen molar-refractivity contribution in [3.8, 4) is 0 Å². The van der Waals surface area contributed by atoms with Crippen LogP contribution in [0, 0.1) is 6.92 Å². The highest BCUT2D eigenvalue weighted by atomic mass is 16.2. The fraction of sp³-hybridized carbons (Fsp3) is 0.353. The molecule has 0 fully saturated rings. The number of nitrogens with zero attached hydrogens (tertiary/aromatic N) is 4. The number of carbonyl (C=O) groups excluding carboxylic acids is 1. The van der Waals surface area contributed by atoms with Crippen molar-refractivity contribution in [2.75, 3.05) is 25.5 Å². The summed E-state index contributed by atoms with van der Waals surface area (Å²) in [5.41, 5.74) is 2.80. The van der Waals surface area contributed by atoms with Gasteiger partial charge in [-0.05, 0) is 31.5 Å². The molecule has 2 rings (SSSR count). The Bertz CT molecular complexity index is 637. The first kappa shape index (κ1) is 15.9. The van der Waals surface area contributed by atoms with Crippen LogP contribution < -0.4 is 4.90 Å². The lowest BCUT2D eigenvalue weighted by Gasteiger charge is -2.22. The summed E-state index contributed by atoms with van der Waals surface area (Å²) in [4.78, 5) is 24.1. The van der Waals surface area contributed by atoms with Crippen LogP contribution in [0.4, 0.5) is 5.82 Å². The molecule has 5 nitrogen and oxygen atoms in total. The van der Waals surface area contributed by atoms with Gasteiger partial charge in [-0.3, -0.25) is 4.79 Å². The zero-order valence-corrected chi connectivity index (χ0v) is 13.6. The van der Waals surface area contributed by atoms with Gasteiger partial charge in [-0.2, -0.15) is 0 Å². The van der Waals surface area contributed by atoms with Crippen LogP contribution in [0.2, 0.25) is 0 Å². The molecule has 0 N–H and O–H groups in total. The summed E-state index contributed by atoms with van der Waals surface area (Å²) in [6, 6.07) is 9.71. The molecule has 1 heterocycles. The van der Waals surface area contributed by atoms with Crippen LogP contribution in [-0.4, -0.2) is 41.4 Å². The average Bonchev–Trinajstić information content (AvgIpc) is 2.52. The van der Waals surface area contributed by atoms with E-state index in [-0.39, 0.29) is 5.91 Å². The van der Waals surface area contributed by atoms with Crippen molar-refractivity contribution in [1.82, 2.24) is 14.9 Å². The molecule has 0 spiro atoms. The van der Waals surface area contributed by atoms with Gasteiger partial charge in [0.15, 0.2) is 0 Å². The van der Waals surface area contributed by atoms with E-state index in [1.165, 1.54) is 0 Å². The number of hydrogen-bond donors (Lipinski definition) is 0. The normalized spacial score (nSPS) is 10.4. The molecule has 0 aliphatic heterocycles. The zero-order valence-electron chi connectivity index (χ0n) is 13.6. The fourth-order valence-corrected chi connectivity index (χ4v) is 2.20. The summed E-state index contributed by atoms with van der Waals surface area (Å²) in [5.74, 6) is 0.939. The van der Waals surface area contributed by atoms with Crippen molar-refractivity contribution in [3.05, 3.63) is 53.5 Å². The summed E-state index contributed by atoms with van der Waals surface area (Å²) in [5, 5.41) is 0. The van der Waals surface area contributed by atoms with E-state index < -0.39 is 0 Å². The molecule has 0 radical (unpaired) electrons. The van der Waals surface area contributed by atoms with E-state index in [0.717, 1.165) is 30.2 Å². The first-order valence-corrected chi connectivity index (χ1v) is 7.35. The van der Waals surface area contributed by atoms with Gasteiger partial charge in [0, 0.05) is 44.5 Å². The number of rotatable bonds is 5. The number of amides is 1. The quantitative estimate of drug-likeness (QED) is 0.851. The topological polar surface area (TPSA) is 49.3 Å². The first-order chi connectivity index (χ1) is 10.5. The van der Waals surface area contributed by atoms with Crippen LogP contribution in [0.5, 0.6) is 0 Å². The maximum atomic E-state index is 11.9. The van der Waals surface area contributed by atoms with Gasteiger partial charge in [0.1, 0.15) is 12.1 Å². The van der Waals surface area contributed by atoms with Gasteiger partial charge < -0.3 is 9.80 Å². The molecular weight excluding hydrogens is 276 g/mol. The first-order valence-electron chi connectivity index (χ1n) is 7.35. The molecule has 1 amide bonds. The number of carbonyl (C=O) groups is 1. The number of benzene rings is 1. The second-order valence-electron chi connectivity index (χ2n) is 5.43. The van der Waals surface area contributed by atoms with Crippen molar-refractivity contribution in [1.29, 1.82) is 0 Å². The van der Waals surface area contributed by atoms with Crippen molar-refractivity contribution in [3.63, 3.8) is 0 Å². The molecule has 0 saturated heterocycles. The van der Waals surface area contributed by atoms with Gasteiger partial charge in [0.2, 0.25) is 0 Å². The third-order valence-electron chi connectivity index (χ3n) is 3.48. The van der Waals surface area contributed by atoms with Crippen molar-refractivity contribution >= 4 is 11.7 Å². The summed E-state index contributed by atoms with van der Waals surface area (Å²) >= 11 is 0. The Morgan fingerprint density at radius 1 is 1.14 bits per heavy atom. The molecule has 5 heteroatoms. The third-order valence-corrected chi connectivity index (χ3v) is 3.48. The predicted molar refractivity (Wildman–Crippen MR) is 88.0 cm³/mol. The van der Waals surface area contributed by atoms with Crippen LogP contribution in [-0.2, 0) is 6.54 Å². The number of anilines is 1. The van der Waals surface area contributed by atoms with E-state index in [1.807, 2.05) is 37.3 Å². The van der Waals surface area contributed by atoms with Crippen LogP contribution in [0.15, 0.2) is 36.7 Å². The van der Waals surface area contributed by atoms with Crippen LogP contribution in [0.1, 0.15) is 28.5 Å². The Morgan fingerprint density at radius 2 is 1.82 bits per heavy atom. The van der Waals surface area contributed by atoms with E-state index in [9.17, 15) is 4.79 Å². The Balaban J connectivity index is 2.13. The second-order valence-corrected chi connectivity index (χ2v) is 5.43. The Hall–Kier alpha value is -2.43. The predicted octanol–water partition coefficient (Wildman–Crippen LogP) is 2.51. The van der Waals surface area contributed by atoms with Crippen molar-refractivity contribution < 1.29 is 4.79 Å². The SMILES string of the molecule is CCN(Cc1ccc(C(=O)N(C)C)cc1)c1cc(C)ncn1. The average molecular weight is 298 g/mol. The molecule has 0 atom stereocenters. The third kappa shape index (κ3) is 3.81. The lowest BCUT2D eigenvalue weighted by molar-refractivity contribution is 0.0827. The standard InChI is InChI=1S/C17H22N4O/c1-5-21(16-10-13(2)18-12-19-16)11-14-6-8-15(9-7-14)17(22)20(3)4/h6-10,12H,5,11H2,1-4H3. The Kier molecular flexibility index (Phi) is 5.09. The molecule has 1 aromatic heterocycles. The van der Waals surface area contributed by atoms with E-state index in [2.05, 4.69) is 21.8 Å². The van der Waals surface area contributed by atoms with Gasteiger partial charge in [-0.1, -0.05) is 12.1 Å². The summed E-state index contributed by atoms with van der Waals surface area (Å²) < 4.78 is 0. The lowest BCUT2D eigenvalue weighted by atomic mass is 10.1. The van der Waals surface area contributed by atoms with E-state index >= 15 is 0 Å². The van der Waals surface area contributed by atoms with E-state index in [4.69, 9.17) is 0 Å². The highest BCUT2D eigenvalue weighted by Gasteiger charge is 2.10. The fourth-order valence-electron chi connectivity index (χ4n) is 2.20. The number of hydrogen-bond acceptors (Lipinski definition) is 4. The molecule has 2 aromatic rings. The summed E-state index contributed by atoms with van der Waals surface area (Å²) in [6.07, 6.45) is 1.59. The molecule has 0 aliphatic rings. The molecular formula is C17H22N4O. The minimum absolute atomic E-state index is 0.0188. The van der Waals surface area contributed by atoms with Gasteiger partial charge >= 0.3 is 0 Å². The lowest BCUT2D eigenvalue weighted by Crippen LogP contribution is -2.24. The van der Waals surface area contributed by atoms with E-state index in [0.29, 0.717) is 5.56 Å². The van der Waals surface area contributed by atoms with E-state index in [1.54, 1.807) is 25.3 Å². The smallest absolute Gasteiger partial charge is 0.253 e. The Morgan fingerprint density at radius 3 is 2.36 bits per heavy atom. The Labute approximate surface area is 131 Å². The molecule has 0 bridgehead atoms. The van der Waals surface area contributed by atoms with Crippen molar-refractivity contribution in [2.45, 2.75) is 20.4 Å². The second kappa shape index (κ2) is 7.02. The monoisotopic (exact) mass is 298 g/mol. The molecule has 0 aliphatic carbocycles.